The molecule has 2 unspecified atom stereocenters. The lowest BCUT2D eigenvalue weighted by Crippen LogP contribution is -2.30. The zero-order valence-electron chi connectivity index (χ0n) is 63.8. The highest BCUT2D eigenvalue weighted by Gasteiger charge is 2.30. The van der Waals surface area contributed by atoms with E-state index < -0.39 is 97.5 Å². The van der Waals surface area contributed by atoms with Crippen LogP contribution in [0, 0.1) is 0 Å². The highest BCUT2D eigenvalue weighted by atomic mass is 31.2. The molecule has 19 heteroatoms. The summed E-state index contributed by atoms with van der Waals surface area (Å²) in [5.74, 6) is -2.11. The van der Waals surface area contributed by atoms with Crippen molar-refractivity contribution in [3.05, 3.63) is 0 Å². The van der Waals surface area contributed by atoms with Crippen molar-refractivity contribution in [2.45, 2.75) is 444 Å². The van der Waals surface area contributed by atoms with E-state index in [1.54, 1.807) is 0 Å². The van der Waals surface area contributed by atoms with Gasteiger partial charge in [-0.05, 0) is 25.7 Å². The molecule has 0 aromatic rings. The molecule has 98 heavy (non-hydrogen) atoms. The van der Waals surface area contributed by atoms with Crippen LogP contribution in [0.25, 0.3) is 0 Å². The monoisotopic (exact) mass is 1440 g/mol. The summed E-state index contributed by atoms with van der Waals surface area (Å²) in [7, 11) is -9.91. The van der Waals surface area contributed by atoms with Gasteiger partial charge >= 0.3 is 39.5 Å². The molecule has 0 saturated heterocycles. The molecule has 17 nitrogen and oxygen atoms in total. The number of hydrogen-bond donors (Lipinski definition) is 3. The van der Waals surface area contributed by atoms with Crippen LogP contribution in [0.5, 0.6) is 0 Å². The normalized spacial score (nSPS) is 13.8. The number of hydrogen-bond acceptors (Lipinski definition) is 15. The molecule has 0 aromatic heterocycles. The average molecular weight is 1440 g/mol. The Labute approximate surface area is 600 Å². The van der Waals surface area contributed by atoms with Crippen LogP contribution in [0.1, 0.15) is 426 Å². The van der Waals surface area contributed by atoms with Gasteiger partial charge in [-0.15, -0.1) is 0 Å². The van der Waals surface area contributed by atoms with E-state index in [-0.39, 0.29) is 25.7 Å². The maximum atomic E-state index is 13.1. The number of carbonyl (C=O) groups is 4. The minimum Gasteiger partial charge on any atom is -0.462 e. The van der Waals surface area contributed by atoms with E-state index in [1.807, 2.05) is 0 Å². The van der Waals surface area contributed by atoms with Gasteiger partial charge in [-0.1, -0.05) is 374 Å². The number of ether oxygens (including phenoxy) is 4. The van der Waals surface area contributed by atoms with Crippen molar-refractivity contribution < 1.29 is 80.2 Å². The Morgan fingerprint density at radius 1 is 0.245 bits per heavy atom. The van der Waals surface area contributed by atoms with Gasteiger partial charge in [-0.3, -0.25) is 37.3 Å². The fourth-order valence-corrected chi connectivity index (χ4v) is 13.9. The maximum Gasteiger partial charge on any atom is 0.472 e. The summed E-state index contributed by atoms with van der Waals surface area (Å²) >= 11 is 0. The van der Waals surface area contributed by atoms with Crippen LogP contribution < -0.4 is 0 Å². The van der Waals surface area contributed by atoms with E-state index in [0.29, 0.717) is 25.7 Å². The van der Waals surface area contributed by atoms with Crippen LogP contribution in [0.15, 0.2) is 0 Å². The summed E-state index contributed by atoms with van der Waals surface area (Å²) in [6.45, 7) is 4.97. The van der Waals surface area contributed by atoms with E-state index in [2.05, 4.69) is 27.7 Å². The minimum atomic E-state index is -4.96. The van der Waals surface area contributed by atoms with Gasteiger partial charge in [-0.25, -0.2) is 9.13 Å². The molecule has 0 aromatic carbocycles. The zero-order valence-corrected chi connectivity index (χ0v) is 65.6. The van der Waals surface area contributed by atoms with E-state index in [0.717, 1.165) is 103 Å². The third kappa shape index (κ3) is 72.4. The molecule has 0 rings (SSSR count). The van der Waals surface area contributed by atoms with Gasteiger partial charge in [0.2, 0.25) is 0 Å². The Balaban J connectivity index is 5.17. The Bertz CT molecular complexity index is 1860. The Hall–Kier alpha value is -1.94. The summed E-state index contributed by atoms with van der Waals surface area (Å²) in [4.78, 5) is 72.8. The predicted molar refractivity (Wildman–Crippen MR) is 400 cm³/mol. The Morgan fingerprint density at radius 2 is 0.408 bits per heavy atom. The average Bonchev–Trinajstić information content (AvgIpc) is 0.939. The molecule has 0 amide bonds. The smallest absolute Gasteiger partial charge is 0.462 e. The van der Waals surface area contributed by atoms with Gasteiger partial charge in [0.1, 0.15) is 19.3 Å². The number of esters is 4. The first-order chi connectivity index (χ1) is 47.7. The van der Waals surface area contributed by atoms with Gasteiger partial charge in [-0.2, -0.15) is 0 Å². The molecule has 3 N–H and O–H groups in total. The van der Waals surface area contributed by atoms with Gasteiger partial charge in [0, 0.05) is 25.7 Å². The van der Waals surface area contributed by atoms with Gasteiger partial charge in [0.05, 0.1) is 26.4 Å². The Morgan fingerprint density at radius 3 is 0.602 bits per heavy atom. The standard InChI is InChI=1S/C79H154O17P2/c1-5-9-13-17-21-24-27-30-33-35-36-37-39-41-44-47-50-54-58-62-66-79(84)96-75(70-90-77(82)64-60-56-52-48-45-43-40-38-34-31-28-25-22-18-14-10-6-2)72-94-98(87,88)92-68-73(80)67-91-97(85,86)93-71-74(69-89-76(81)63-59-55-51-20-16-12-8-4)95-78(83)65-61-57-53-49-46-42-32-29-26-23-19-15-11-7-3/h73-75,80H,5-72H2,1-4H3,(H,85,86)(H,87,88)/t73-,74+,75+/m0/s1. The number of phosphoric acid groups is 2. The van der Waals surface area contributed by atoms with Crippen molar-refractivity contribution in [2.24, 2.45) is 0 Å². The van der Waals surface area contributed by atoms with Crippen LogP contribution in [0.4, 0.5) is 0 Å². The van der Waals surface area contributed by atoms with Gasteiger partial charge < -0.3 is 33.8 Å². The predicted octanol–water partition coefficient (Wildman–Crippen LogP) is 23.8. The van der Waals surface area contributed by atoms with E-state index in [9.17, 15) is 43.2 Å². The van der Waals surface area contributed by atoms with E-state index in [4.69, 9.17) is 37.0 Å². The fraction of sp³-hybridized carbons (Fsp3) is 0.949. The van der Waals surface area contributed by atoms with Crippen molar-refractivity contribution in [3.8, 4) is 0 Å². The van der Waals surface area contributed by atoms with Crippen molar-refractivity contribution in [3.63, 3.8) is 0 Å². The van der Waals surface area contributed by atoms with Crippen LogP contribution in [0.2, 0.25) is 0 Å². The second-order valence-corrected chi connectivity index (χ2v) is 31.4. The van der Waals surface area contributed by atoms with Crippen LogP contribution >= 0.6 is 15.6 Å². The zero-order chi connectivity index (χ0) is 71.8. The first kappa shape index (κ1) is 96.1. The lowest BCUT2D eigenvalue weighted by atomic mass is 10.0. The molecule has 0 aliphatic rings. The van der Waals surface area contributed by atoms with Gasteiger partial charge in [0.15, 0.2) is 12.2 Å². The summed E-state index contributed by atoms with van der Waals surface area (Å²) < 4.78 is 68.5. The summed E-state index contributed by atoms with van der Waals surface area (Å²) in [6.07, 6.45) is 65.4. The molecule has 0 spiro atoms. The second-order valence-electron chi connectivity index (χ2n) is 28.5. The molecular formula is C79H154O17P2. The molecule has 0 bridgehead atoms. The molecular weight excluding hydrogens is 1280 g/mol. The number of carbonyl (C=O) groups excluding carboxylic acids is 4. The lowest BCUT2D eigenvalue weighted by molar-refractivity contribution is -0.161. The van der Waals surface area contributed by atoms with Crippen LogP contribution in [-0.4, -0.2) is 96.7 Å². The molecule has 5 atom stereocenters. The van der Waals surface area contributed by atoms with E-state index in [1.165, 1.54) is 244 Å². The molecule has 0 aliphatic heterocycles. The molecule has 0 fully saturated rings. The van der Waals surface area contributed by atoms with Crippen molar-refractivity contribution in [1.29, 1.82) is 0 Å². The first-order valence-electron chi connectivity index (χ1n) is 41.3. The van der Waals surface area contributed by atoms with Crippen molar-refractivity contribution in [2.75, 3.05) is 39.6 Å². The van der Waals surface area contributed by atoms with E-state index >= 15 is 0 Å². The van der Waals surface area contributed by atoms with Crippen LogP contribution in [0.3, 0.4) is 0 Å². The quantitative estimate of drug-likeness (QED) is 0.0222. The molecule has 0 saturated carbocycles. The Kier molecular flexibility index (Phi) is 71.9. The second kappa shape index (κ2) is 73.4. The molecule has 0 heterocycles. The number of aliphatic hydroxyl groups is 1. The molecule has 0 aliphatic carbocycles. The van der Waals surface area contributed by atoms with Crippen LogP contribution in [-0.2, 0) is 65.4 Å². The fourth-order valence-electron chi connectivity index (χ4n) is 12.3. The number of rotatable bonds is 80. The SMILES string of the molecule is CCCCCCCCCCCCCCCCCCCCCCC(=O)O[C@H](COC(=O)CCCCCCCCCCCCCCCCCCC)COP(=O)(O)OC[C@@H](O)COP(=O)(O)OC[C@@H](COC(=O)CCCCCCCCC)OC(=O)CCCCCCCCCCCCCCCC. The molecule has 0 radical (unpaired) electrons. The largest absolute Gasteiger partial charge is 0.472 e. The topological polar surface area (TPSA) is 237 Å². The lowest BCUT2D eigenvalue weighted by Gasteiger charge is -2.21. The maximum absolute atomic E-state index is 13.1. The summed E-state index contributed by atoms with van der Waals surface area (Å²) in [5, 5.41) is 10.6. The van der Waals surface area contributed by atoms with Crippen molar-refractivity contribution in [1.82, 2.24) is 0 Å². The number of phosphoric ester groups is 2. The van der Waals surface area contributed by atoms with Crippen molar-refractivity contribution >= 4 is 39.5 Å². The number of unbranched alkanes of at least 4 members (excludes halogenated alkanes) is 54. The third-order valence-corrected chi connectivity index (χ3v) is 20.5. The highest BCUT2D eigenvalue weighted by molar-refractivity contribution is 7.47. The summed E-state index contributed by atoms with van der Waals surface area (Å²) in [6, 6.07) is 0. The third-order valence-electron chi connectivity index (χ3n) is 18.6. The first-order valence-corrected chi connectivity index (χ1v) is 44.3. The summed E-state index contributed by atoms with van der Waals surface area (Å²) in [5.41, 5.74) is 0. The van der Waals surface area contributed by atoms with Gasteiger partial charge in [0.25, 0.3) is 0 Å². The minimum absolute atomic E-state index is 0.108. The molecule has 582 valence electrons. The highest BCUT2D eigenvalue weighted by Crippen LogP contribution is 2.45. The number of aliphatic hydroxyl groups excluding tert-OH is 1.